The van der Waals surface area contributed by atoms with E-state index in [0.717, 1.165) is 11.1 Å². The van der Waals surface area contributed by atoms with Gasteiger partial charge in [0.05, 0.1) is 13.3 Å². The third kappa shape index (κ3) is 6.47. The van der Waals surface area contributed by atoms with Gasteiger partial charge in [0.1, 0.15) is 12.2 Å². The average molecular weight is 356 g/mol. The van der Waals surface area contributed by atoms with Crippen LogP contribution in [-0.2, 0) is 11.3 Å². The molecule has 0 fully saturated rings. The Morgan fingerprint density at radius 2 is 1.85 bits per heavy atom. The predicted octanol–water partition coefficient (Wildman–Crippen LogP) is 4.13. The highest BCUT2D eigenvalue weighted by molar-refractivity contribution is 5.82. The zero-order chi connectivity index (χ0) is 19.0. The second-order valence-corrected chi connectivity index (χ2v) is 6.56. The lowest BCUT2D eigenvalue weighted by Crippen LogP contribution is -2.29. The smallest absolute Gasteiger partial charge is 0.428 e. The number of ether oxygens (including phenoxy) is 3. The minimum Gasteiger partial charge on any atom is -0.493 e. The predicted molar refractivity (Wildman–Crippen MR) is 101 cm³/mol. The Kier molecular flexibility index (Phi) is 6.60. The molecular formula is C20H24N2O4. The van der Waals surface area contributed by atoms with Crippen molar-refractivity contribution in [3.63, 3.8) is 0 Å². The maximum atomic E-state index is 11.6. The van der Waals surface area contributed by atoms with Gasteiger partial charge in [0.15, 0.2) is 11.5 Å². The van der Waals surface area contributed by atoms with Gasteiger partial charge in [0.2, 0.25) is 0 Å². The summed E-state index contributed by atoms with van der Waals surface area (Å²) < 4.78 is 16.3. The van der Waals surface area contributed by atoms with Crippen LogP contribution >= 0.6 is 0 Å². The van der Waals surface area contributed by atoms with E-state index in [1.54, 1.807) is 40.0 Å². The average Bonchev–Trinajstić information content (AvgIpc) is 2.59. The fraction of sp³-hybridized carbons (Fsp3) is 0.300. The number of hydrogen-bond acceptors (Lipinski definition) is 5. The summed E-state index contributed by atoms with van der Waals surface area (Å²) in [6.45, 7) is 5.81. The van der Waals surface area contributed by atoms with Crippen LogP contribution in [-0.4, -0.2) is 25.0 Å². The molecule has 26 heavy (non-hydrogen) atoms. The molecule has 6 heteroatoms. The zero-order valence-electron chi connectivity index (χ0n) is 15.5. The van der Waals surface area contributed by atoms with Crippen LogP contribution in [0.2, 0.25) is 0 Å². The van der Waals surface area contributed by atoms with E-state index < -0.39 is 11.7 Å². The van der Waals surface area contributed by atoms with Crippen LogP contribution in [0.15, 0.2) is 53.6 Å². The number of hydrogen-bond donors (Lipinski definition) is 1. The van der Waals surface area contributed by atoms with Crippen molar-refractivity contribution in [2.24, 2.45) is 5.10 Å². The van der Waals surface area contributed by atoms with Gasteiger partial charge in [0, 0.05) is 0 Å². The van der Waals surface area contributed by atoms with Crippen molar-refractivity contribution in [3.05, 3.63) is 59.7 Å². The van der Waals surface area contributed by atoms with Crippen molar-refractivity contribution < 1.29 is 19.0 Å². The van der Waals surface area contributed by atoms with Gasteiger partial charge in [-0.2, -0.15) is 5.10 Å². The summed E-state index contributed by atoms with van der Waals surface area (Å²) in [7, 11) is 1.57. The molecule has 0 bridgehead atoms. The van der Waals surface area contributed by atoms with E-state index in [-0.39, 0.29) is 0 Å². The first-order chi connectivity index (χ1) is 12.4. The van der Waals surface area contributed by atoms with Gasteiger partial charge in [0.25, 0.3) is 0 Å². The maximum absolute atomic E-state index is 11.6. The molecule has 2 rings (SSSR count). The molecular weight excluding hydrogens is 332 g/mol. The van der Waals surface area contributed by atoms with Crippen LogP contribution in [0.4, 0.5) is 4.79 Å². The number of carbonyl (C=O) groups is 1. The normalized spacial score (nSPS) is 11.2. The van der Waals surface area contributed by atoms with Crippen molar-refractivity contribution in [2.45, 2.75) is 33.0 Å². The van der Waals surface area contributed by atoms with Crippen molar-refractivity contribution >= 4 is 12.3 Å². The van der Waals surface area contributed by atoms with Gasteiger partial charge in [-0.3, -0.25) is 0 Å². The highest BCUT2D eigenvalue weighted by Gasteiger charge is 2.15. The minimum atomic E-state index is -0.608. The molecule has 0 aromatic heterocycles. The number of carbonyl (C=O) groups excluding carboxylic acids is 1. The van der Waals surface area contributed by atoms with Gasteiger partial charge >= 0.3 is 6.09 Å². The molecule has 0 atom stereocenters. The SMILES string of the molecule is COc1cc(/C=N/NC(=O)OC(C)(C)C)ccc1OCc1ccccc1. The number of nitrogens with zero attached hydrogens (tertiary/aromatic N) is 1. The summed E-state index contributed by atoms with van der Waals surface area (Å²) in [4.78, 5) is 11.6. The van der Waals surface area contributed by atoms with Gasteiger partial charge in [-0.15, -0.1) is 0 Å². The second kappa shape index (κ2) is 8.89. The first kappa shape index (κ1) is 19.3. The molecule has 6 nitrogen and oxygen atoms in total. The highest BCUT2D eigenvalue weighted by Crippen LogP contribution is 2.28. The molecule has 0 aliphatic carbocycles. The molecule has 2 aromatic carbocycles. The molecule has 0 unspecified atom stereocenters. The standard InChI is InChI=1S/C20H24N2O4/c1-20(2,3)26-19(23)22-21-13-16-10-11-17(18(12-16)24-4)25-14-15-8-6-5-7-9-15/h5-13H,14H2,1-4H3,(H,22,23)/b21-13+. The van der Waals surface area contributed by atoms with Gasteiger partial charge in [-0.05, 0) is 50.1 Å². The van der Waals surface area contributed by atoms with Crippen molar-refractivity contribution in [1.29, 1.82) is 0 Å². The number of benzene rings is 2. The van der Waals surface area contributed by atoms with Crippen LogP contribution in [0.1, 0.15) is 31.9 Å². The van der Waals surface area contributed by atoms with Crippen molar-refractivity contribution in [2.75, 3.05) is 7.11 Å². The Morgan fingerprint density at radius 1 is 1.12 bits per heavy atom. The summed E-state index contributed by atoms with van der Waals surface area (Å²) in [6.07, 6.45) is 0.900. The van der Waals surface area contributed by atoms with Crippen LogP contribution in [0.3, 0.4) is 0 Å². The topological polar surface area (TPSA) is 69.2 Å². The Hall–Kier alpha value is -3.02. The van der Waals surface area contributed by atoms with E-state index in [1.807, 2.05) is 36.4 Å². The van der Waals surface area contributed by atoms with E-state index in [4.69, 9.17) is 14.2 Å². The van der Waals surface area contributed by atoms with Crippen LogP contribution in [0, 0.1) is 0 Å². The Balaban J connectivity index is 1.97. The lowest BCUT2D eigenvalue weighted by Gasteiger charge is -2.18. The van der Waals surface area contributed by atoms with Gasteiger partial charge < -0.3 is 14.2 Å². The summed E-state index contributed by atoms with van der Waals surface area (Å²) >= 11 is 0. The number of amides is 1. The van der Waals surface area contributed by atoms with Gasteiger partial charge in [-0.1, -0.05) is 30.3 Å². The Bertz CT molecular complexity index is 752. The highest BCUT2D eigenvalue weighted by atomic mass is 16.6. The first-order valence-electron chi connectivity index (χ1n) is 8.24. The molecule has 0 saturated heterocycles. The van der Waals surface area contributed by atoms with Crippen molar-refractivity contribution in [1.82, 2.24) is 5.43 Å². The quantitative estimate of drug-likeness (QED) is 0.624. The van der Waals surface area contributed by atoms with E-state index in [0.29, 0.717) is 18.1 Å². The number of nitrogens with one attached hydrogen (secondary N) is 1. The lowest BCUT2D eigenvalue weighted by molar-refractivity contribution is 0.0529. The Morgan fingerprint density at radius 3 is 2.50 bits per heavy atom. The third-order valence-corrected chi connectivity index (χ3v) is 3.19. The number of rotatable bonds is 6. The fourth-order valence-electron chi connectivity index (χ4n) is 2.08. The molecule has 0 saturated carbocycles. The minimum absolute atomic E-state index is 0.449. The molecule has 0 aliphatic heterocycles. The number of methoxy groups -OCH3 is 1. The third-order valence-electron chi connectivity index (χ3n) is 3.19. The molecule has 0 aliphatic rings. The van der Waals surface area contributed by atoms with E-state index >= 15 is 0 Å². The van der Waals surface area contributed by atoms with E-state index in [1.165, 1.54) is 6.21 Å². The van der Waals surface area contributed by atoms with Crippen LogP contribution < -0.4 is 14.9 Å². The monoisotopic (exact) mass is 356 g/mol. The molecule has 1 N–H and O–H groups in total. The van der Waals surface area contributed by atoms with Crippen LogP contribution in [0.5, 0.6) is 11.5 Å². The summed E-state index contributed by atoms with van der Waals surface area (Å²) in [6, 6.07) is 15.3. The molecule has 1 amide bonds. The summed E-state index contributed by atoms with van der Waals surface area (Å²) in [5.74, 6) is 1.22. The van der Waals surface area contributed by atoms with E-state index in [2.05, 4.69) is 10.5 Å². The van der Waals surface area contributed by atoms with Crippen molar-refractivity contribution in [3.8, 4) is 11.5 Å². The summed E-state index contributed by atoms with van der Waals surface area (Å²) in [5.41, 5.74) is 3.58. The largest absolute Gasteiger partial charge is 0.493 e. The molecule has 0 spiro atoms. The molecule has 138 valence electrons. The van der Waals surface area contributed by atoms with Gasteiger partial charge in [-0.25, -0.2) is 10.2 Å². The van der Waals surface area contributed by atoms with Crippen LogP contribution in [0.25, 0.3) is 0 Å². The van der Waals surface area contributed by atoms with E-state index in [9.17, 15) is 4.79 Å². The maximum Gasteiger partial charge on any atom is 0.428 e. The zero-order valence-corrected chi connectivity index (χ0v) is 15.5. The number of hydrazone groups is 1. The molecule has 0 radical (unpaired) electrons. The fourth-order valence-corrected chi connectivity index (χ4v) is 2.08. The Labute approximate surface area is 153 Å². The second-order valence-electron chi connectivity index (χ2n) is 6.56. The molecule has 2 aromatic rings. The lowest BCUT2D eigenvalue weighted by atomic mass is 10.2. The summed E-state index contributed by atoms with van der Waals surface area (Å²) in [5, 5.41) is 3.88. The first-order valence-corrected chi connectivity index (χ1v) is 8.24. The molecule has 0 heterocycles.